The van der Waals surface area contributed by atoms with Gasteiger partial charge >= 0.3 is 0 Å². The zero-order chi connectivity index (χ0) is 25.2. The molecule has 2 amide bonds. The normalized spacial score (nSPS) is 12.5. The lowest BCUT2D eigenvalue weighted by molar-refractivity contribution is -0.143. The zero-order valence-electron chi connectivity index (χ0n) is 19.9. The summed E-state index contributed by atoms with van der Waals surface area (Å²) in [5.74, 6) is 0.0374. The zero-order valence-corrected chi connectivity index (χ0v) is 21.4. The van der Waals surface area contributed by atoms with E-state index in [4.69, 9.17) is 27.9 Å². The van der Waals surface area contributed by atoms with E-state index >= 15 is 0 Å². The van der Waals surface area contributed by atoms with E-state index < -0.39 is 6.04 Å². The van der Waals surface area contributed by atoms with Crippen LogP contribution in [0.25, 0.3) is 0 Å². The Bertz CT molecular complexity index is 1110. The minimum atomic E-state index is -0.759. The number of nitrogens with one attached hydrogen (secondary N) is 1. The summed E-state index contributed by atoms with van der Waals surface area (Å²) in [7, 11) is 0. The first-order chi connectivity index (χ1) is 16.9. The number of carbonyl (C=O) groups excluding carboxylic acids is 2. The maximum absolute atomic E-state index is 13.5. The van der Waals surface area contributed by atoms with Crippen LogP contribution >= 0.6 is 23.2 Å². The third kappa shape index (κ3) is 8.01. The van der Waals surface area contributed by atoms with E-state index in [0.29, 0.717) is 27.8 Å². The van der Waals surface area contributed by atoms with E-state index in [2.05, 4.69) is 5.32 Å². The summed E-state index contributed by atoms with van der Waals surface area (Å²) in [5, 5.41) is 3.97. The molecular formula is C28H30Cl2N2O3. The number of para-hydroxylation sites is 1. The van der Waals surface area contributed by atoms with Crippen LogP contribution in [0.3, 0.4) is 0 Å². The van der Waals surface area contributed by atoms with Crippen LogP contribution in [0, 0.1) is 0 Å². The highest BCUT2D eigenvalue weighted by Crippen LogP contribution is 2.24. The van der Waals surface area contributed by atoms with Gasteiger partial charge in [0.05, 0.1) is 0 Å². The summed E-state index contributed by atoms with van der Waals surface area (Å²) in [6.07, 6.45) is 1.13. The minimum absolute atomic E-state index is 0.0302. The first-order valence-corrected chi connectivity index (χ1v) is 12.4. The molecule has 0 fully saturated rings. The van der Waals surface area contributed by atoms with Crippen molar-refractivity contribution in [2.45, 2.75) is 45.3 Å². The summed E-state index contributed by atoms with van der Waals surface area (Å²) in [5.41, 5.74) is 1.64. The lowest BCUT2D eigenvalue weighted by atomic mass is 10.0. The smallest absolute Gasteiger partial charge is 0.261 e. The second-order valence-corrected chi connectivity index (χ2v) is 9.23. The Morgan fingerprint density at radius 3 is 2.26 bits per heavy atom. The maximum atomic E-state index is 13.5. The van der Waals surface area contributed by atoms with Gasteiger partial charge < -0.3 is 15.0 Å². The average molecular weight is 513 g/mol. The van der Waals surface area contributed by atoms with Gasteiger partial charge in [-0.25, -0.2) is 0 Å². The van der Waals surface area contributed by atoms with Crippen molar-refractivity contribution < 1.29 is 14.3 Å². The Morgan fingerprint density at radius 2 is 1.63 bits per heavy atom. The molecule has 5 nitrogen and oxygen atoms in total. The molecule has 3 aromatic rings. The molecule has 184 valence electrons. The van der Waals surface area contributed by atoms with Crippen molar-refractivity contribution in [1.29, 1.82) is 0 Å². The van der Waals surface area contributed by atoms with Crippen LogP contribution in [0.1, 0.15) is 31.4 Å². The number of nitrogens with zero attached hydrogens (tertiary/aromatic N) is 1. The molecule has 7 heteroatoms. The third-order valence-corrected chi connectivity index (χ3v) is 6.32. The molecular weight excluding hydrogens is 483 g/mol. The molecule has 0 unspecified atom stereocenters. The monoisotopic (exact) mass is 512 g/mol. The van der Waals surface area contributed by atoms with Crippen LogP contribution in [0.4, 0.5) is 0 Å². The van der Waals surface area contributed by atoms with Gasteiger partial charge in [0.2, 0.25) is 5.91 Å². The van der Waals surface area contributed by atoms with Gasteiger partial charge in [-0.2, -0.15) is 0 Å². The van der Waals surface area contributed by atoms with Gasteiger partial charge in [0.1, 0.15) is 11.8 Å². The van der Waals surface area contributed by atoms with Gasteiger partial charge in [-0.05, 0) is 48.7 Å². The van der Waals surface area contributed by atoms with Crippen LogP contribution in [-0.4, -0.2) is 35.4 Å². The standard InChI is InChI=1S/C28H30Cl2N2O3/c1-3-20(2)31-28(34)26(16-21-10-6-4-7-11-21)32(18-22-14-15-23(29)17-25(22)30)27(33)19-35-24-12-8-5-9-13-24/h4-15,17,20,26H,3,16,18-19H2,1-2H3,(H,31,34)/t20-,26-/m1/s1. The van der Waals surface area contributed by atoms with Crippen molar-refractivity contribution in [3.63, 3.8) is 0 Å². The van der Waals surface area contributed by atoms with Crippen molar-refractivity contribution in [3.05, 3.63) is 100 Å². The number of benzene rings is 3. The van der Waals surface area contributed by atoms with E-state index in [1.807, 2.05) is 62.4 Å². The number of carbonyl (C=O) groups is 2. The second kappa shape index (κ2) is 13.2. The average Bonchev–Trinajstić information content (AvgIpc) is 2.87. The largest absolute Gasteiger partial charge is 0.484 e. The number of hydrogen-bond acceptors (Lipinski definition) is 3. The molecule has 0 heterocycles. The molecule has 1 N–H and O–H groups in total. The highest BCUT2D eigenvalue weighted by Gasteiger charge is 2.31. The van der Waals surface area contributed by atoms with Crippen molar-refractivity contribution in [1.82, 2.24) is 10.2 Å². The number of rotatable bonds is 11. The third-order valence-electron chi connectivity index (χ3n) is 5.73. The fourth-order valence-corrected chi connectivity index (χ4v) is 4.04. The van der Waals surface area contributed by atoms with Gasteiger partial charge in [0.15, 0.2) is 6.61 Å². The molecule has 0 spiro atoms. The first kappa shape index (κ1) is 26.6. The summed E-state index contributed by atoms with van der Waals surface area (Å²) in [4.78, 5) is 28.6. The van der Waals surface area contributed by atoms with E-state index in [1.165, 1.54) is 0 Å². The summed E-state index contributed by atoms with van der Waals surface area (Å²) in [6.45, 7) is 3.87. The van der Waals surface area contributed by atoms with Gasteiger partial charge in [-0.1, -0.05) is 84.7 Å². The molecule has 0 bridgehead atoms. The lowest BCUT2D eigenvalue weighted by Crippen LogP contribution is -2.53. The Labute approximate surface area is 217 Å². The molecule has 3 aromatic carbocycles. The number of hydrogen-bond donors (Lipinski definition) is 1. The van der Waals surface area contributed by atoms with E-state index in [-0.39, 0.29) is 31.0 Å². The molecule has 0 aliphatic rings. The number of amides is 2. The quantitative estimate of drug-likeness (QED) is 0.346. The maximum Gasteiger partial charge on any atom is 0.261 e. The summed E-state index contributed by atoms with van der Waals surface area (Å²) >= 11 is 12.5. The Hall–Kier alpha value is -3.02. The van der Waals surface area contributed by atoms with E-state index in [0.717, 1.165) is 12.0 Å². The van der Waals surface area contributed by atoms with E-state index in [9.17, 15) is 9.59 Å². The summed E-state index contributed by atoms with van der Waals surface area (Å²) < 4.78 is 5.74. The highest BCUT2D eigenvalue weighted by molar-refractivity contribution is 6.35. The molecule has 0 aliphatic carbocycles. The molecule has 35 heavy (non-hydrogen) atoms. The molecule has 2 atom stereocenters. The predicted molar refractivity (Wildman–Crippen MR) is 141 cm³/mol. The first-order valence-electron chi connectivity index (χ1n) is 11.6. The van der Waals surface area contributed by atoms with Gasteiger partial charge in [-0.15, -0.1) is 0 Å². The minimum Gasteiger partial charge on any atom is -0.484 e. The van der Waals surface area contributed by atoms with Crippen molar-refractivity contribution in [2.75, 3.05) is 6.61 Å². The van der Waals surface area contributed by atoms with Crippen molar-refractivity contribution in [3.8, 4) is 5.75 Å². The summed E-state index contributed by atoms with van der Waals surface area (Å²) in [6, 6.07) is 23.1. The van der Waals surface area contributed by atoms with Gasteiger partial charge in [-0.3, -0.25) is 9.59 Å². The number of halogens is 2. The van der Waals surface area contributed by atoms with Gasteiger partial charge in [0, 0.05) is 29.1 Å². The number of ether oxygens (including phenoxy) is 1. The predicted octanol–water partition coefficient (Wildman–Crippen LogP) is 5.93. The Kier molecular flexibility index (Phi) is 10.0. The second-order valence-electron chi connectivity index (χ2n) is 8.38. The van der Waals surface area contributed by atoms with Crippen LogP contribution in [0.2, 0.25) is 10.0 Å². The Morgan fingerprint density at radius 1 is 0.971 bits per heavy atom. The topological polar surface area (TPSA) is 58.6 Å². The SMILES string of the molecule is CC[C@@H](C)NC(=O)[C@@H](Cc1ccccc1)N(Cc1ccc(Cl)cc1Cl)C(=O)COc1ccccc1. The van der Waals surface area contributed by atoms with Crippen LogP contribution < -0.4 is 10.1 Å². The fraction of sp³-hybridized carbons (Fsp3) is 0.286. The molecule has 0 radical (unpaired) electrons. The van der Waals surface area contributed by atoms with Crippen LogP contribution in [0.5, 0.6) is 5.75 Å². The molecule has 0 saturated heterocycles. The molecule has 3 rings (SSSR count). The van der Waals surface area contributed by atoms with E-state index in [1.54, 1.807) is 35.2 Å². The molecule has 0 aliphatic heterocycles. The van der Waals surface area contributed by atoms with Crippen LogP contribution in [0.15, 0.2) is 78.9 Å². The molecule has 0 aromatic heterocycles. The van der Waals surface area contributed by atoms with Crippen LogP contribution in [-0.2, 0) is 22.6 Å². The fourth-order valence-electron chi connectivity index (χ4n) is 3.57. The van der Waals surface area contributed by atoms with Crippen molar-refractivity contribution in [2.24, 2.45) is 0 Å². The Balaban J connectivity index is 1.94. The van der Waals surface area contributed by atoms with Gasteiger partial charge in [0.25, 0.3) is 5.91 Å². The highest BCUT2D eigenvalue weighted by atomic mass is 35.5. The lowest BCUT2D eigenvalue weighted by Gasteiger charge is -2.32. The van der Waals surface area contributed by atoms with Crippen molar-refractivity contribution >= 4 is 35.0 Å². The molecule has 0 saturated carbocycles.